The molecule has 0 aliphatic heterocycles. The van der Waals surface area contributed by atoms with Crippen LogP contribution in [-0.4, -0.2) is 4.98 Å². The Morgan fingerprint density at radius 1 is 1.23 bits per heavy atom. The summed E-state index contributed by atoms with van der Waals surface area (Å²) in [5.41, 5.74) is 8.47. The predicted octanol–water partition coefficient (Wildman–Crippen LogP) is 2.52. The van der Waals surface area contributed by atoms with E-state index in [0.29, 0.717) is 6.54 Å². The van der Waals surface area contributed by atoms with Gasteiger partial charge in [0, 0.05) is 18.9 Å². The highest BCUT2D eigenvalue weighted by Crippen LogP contribution is 2.33. The third kappa shape index (κ3) is 1.78. The van der Waals surface area contributed by atoms with Crippen molar-refractivity contribution < 1.29 is 0 Å². The third-order valence-corrected chi connectivity index (χ3v) is 3.13. The fourth-order valence-electron chi connectivity index (χ4n) is 2.38. The van der Waals surface area contributed by atoms with Gasteiger partial charge in [0.1, 0.15) is 0 Å². The van der Waals surface area contributed by atoms with E-state index in [4.69, 9.17) is 5.73 Å². The van der Waals surface area contributed by atoms with Crippen molar-refractivity contribution in [3.05, 3.63) is 23.5 Å². The van der Waals surface area contributed by atoms with Crippen LogP contribution in [0.2, 0.25) is 0 Å². The van der Waals surface area contributed by atoms with Crippen molar-refractivity contribution in [1.29, 1.82) is 0 Å². The van der Waals surface area contributed by atoms with E-state index in [2.05, 4.69) is 11.2 Å². The molecule has 1 heterocycles. The fraction of sp³-hybridized carbons (Fsp3) is 0.636. The van der Waals surface area contributed by atoms with E-state index in [1.807, 2.05) is 6.20 Å². The lowest BCUT2D eigenvalue weighted by Gasteiger charge is -2.21. The van der Waals surface area contributed by atoms with Crippen LogP contribution in [0.15, 0.2) is 12.4 Å². The summed E-state index contributed by atoms with van der Waals surface area (Å²) in [4.78, 5) is 3.17. The fourth-order valence-corrected chi connectivity index (χ4v) is 2.38. The van der Waals surface area contributed by atoms with Crippen LogP contribution in [0.3, 0.4) is 0 Å². The van der Waals surface area contributed by atoms with Gasteiger partial charge in [-0.3, -0.25) is 0 Å². The summed E-state index contributed by atoms with van der Waals surface area (Å²) in [7, 11) is 0. The lowest BCUT2D eigenvalue weighted by molar-refractivity contribution is 0.442. The lowest BCUT2D eigenvalue weighted by atomic mass is 9.84. The molecular formula is C11H18N2. The zero-order valence-electron chi connectivity index (χ0n) is 8.05. The summed E-state index contributed by atoms with van der Waals surface area (Å²) in [6.45, 7) is 0.676. The molecule has 0 aromatic carbocycles. The van der Waals surface area contributed by atoms with Crippen LogP contribution < -0.4 is 5.73 Å². The van der Waals surface area contributed by atoms with Crippen LogP contribution in [0.4, 0.5) is 0 Å². The molecule has 0 atom stereocenters. The minimum Gasteiger partial charge on any atom is -0.367 e. The molecule has 2 rings (SSSR count). The molecule has 72 valence electrons. The van der Waals surface area contributed by atoms with Crippen LogP contribution in [0, 0.1) is 0 Å². The highest BCUT2D eigenvalue weighted by Gasteiger charge is 2.18. The summed E-state index contributed by atoms with van der Waals surface area (Å²) in [5.74, 6) is 0.776. The Labute approximate surface area is 79.5 Å². The van der Waals surface area contributed by atoms with Gasteiger partial charge in [-0.05, 0) is 29.9 Å². The minimum absolute atomic E-state index is 0.676. The first kappa shape index (κ1) is 8.82. The molecule has 2 heteroatoms. The second-order valence-corrected chi connectivity index (χ2v) is 3.97. The molecule has 0 amide bonds. The van der Waals surface area contributed by atoms with Gasteiger partial charge in [-0.2, -0.15) is 0 Å². The van der Waals surface area contributed by atoms with Crippen LogP contribution in [-0.2, 0) is 6.54 Å². The average Bonchev–Trinajstić information content (AvgIpc) is 2.67. The zero-order chi connectivity index (χ0) is 9.10. The van der Waals surface area contributed by atoms with Crippen molar-refractivity contribution in [2.45, 2.75) is 44.6 Å². The minimum atomic E-state index is 0.676. The first-order valence-corrected chi connectivity index (χ1v) is 5.27. The normalized spacial score (nSPS) is 19.2. The summed E-state index contributed by atoms with van der Waals surface area (Å²) in [6, 6.07) is 0. The van der Waals surface area contributed by atoms with E-state index in [1.54, 1.807) is 0 Å². The number of aromatic nitrogens is 1. The van der Waals surface area contributed by atoms with Gasteiger partial charge >= 0.3 is 0 Å². The number of H-pyrrole nitrogens is 1. The summed E-state index contributed by atoms with van der Waals surface area (Å²) in [6.07, 6.45) is 11.1. The van der Waals surface area contributed by atoms with Crippen LogP contribution in [0.1, 0.15) is 49.1 Å². The highest BCUT2D eigenvalue weighted by atomic mass is 14.7. The number of rotatable bonds is 2. The Balaban J connectivity index is 2.13. The third-order valence-electron chi connectivity index (χ3n) is 3.13. The topological polar surface area (TPSA) is 41.8 Å². The van der Waals surface area contributed by atoms with Gasteiger partial charge < -0.3 is 10.7 Å². The van der Waals surface area contributed by atoms with Crippen molar-refractivity contribution in [2.75, 3.05) is 0 Å². The maximum Gasteiger partial charge on any atom is 0.0196 e. The van der Waals surface area contributed by atoms with Gasteiger partial charge in [-0.15, -0.1) is 0 Å². The highest BCUT2D eigenvalue weighted by molar-refractivity contribution is 5.27. The molecule has 0 bridgehead atoms. The van der Waals surface area contributed by atoms with Crippen molar-refractivity contribution in [3.63, 3.8) is 0 Å². The largest absolute Gasteiger partial charge is 0.367 e. The van der Waals surface area contributed by atoms with E-state index in [0.717, 1.165) is 5.92 Å². The molecule has 13 heavy (non-hydrogen) atoms. The predicted molar refractivity (Wildman–Crippen MR) is 54.5 cm³/mol. The standard InChI is InChI=1S/C11H18N2/c12-6-10-7-13-8-11(10)9-4-2-1-3-5-9/h7-9,13H,1-6,12H2. The number of hydrogen-bond donors (Lipinski definition) is 2. The molecule has 0 saturated heterocycles. The molecule has 0 unspecified atom stereocenters. The molecule has 1 aromatic rings. The molecule has 1 aliphatic rings. The van der Waals surface area contributed by atoms with Crippen molar-refractivity contribution in [3.8, 4) is 0 Å². The Morgan fingerprint density at radius 2 is 2.00 bits per heavy atom. The van der Waals surface area contributed by atoms with Crippen molar-refractivity contribution >= 4 is 0 Å². The maximum atomic E-state index is 5.68. The summed E-state index contributed by atoms with van der Waals surface area (Å²) in [5, 5.41) is 0. The molecule has 0 spiro atoms. The van der Waals surface area contributed by atoms with E-state index in [-0.39, 0.29) is 0 Å². The van der Waals surface area contributed by atoms with Crippen LogP contribution in [0.5, 0.6) is 0 Å². The van der Waals surface area contributed by atoms with Gasteiger partial charge in [-0.1, -0.05) is 19.3 Å². The molecular weight excluding hydrogens is 160 g/mol. The molecule has 1 fully saturated rings. The molecule has 1 aliphatic carbocycles. The first-order valence-electron chi connectivity index (χ1n) is 5.27. The van der Waals surface area contributed by atoms with Crippen LogP contribution >= 0.6 is 0 Å². The smallest absolute Gasteiger partial charge is 0.0196 e. The summed E-state index contributed by atoms with van der Waals surface area (Å²) >= 11 is 0. The second kappa shape index (κ2) is 3.97. The zero-order valence-corrected chi connectivity index (χ0v) is 8.05. The summed E-state index contributed by atoms with van der Waals surface area (Å²) < 4.78 is 0. The number of hydrogen-bond acceptors (Lipinski definition) is 1. The second-order valence-electron chi connectivity index (χ2n) is 3.97. The van der Waals surface area contributed by atoms with Gasteiger partial charge in [0.05, 0.1) is 0 Å². The maximum absolute atomic E-state index is 5.68. The molecule has 0 radical (unpaired) electrons. The molecule has 3 N–H and O–H groups in total. The van der Waals surface area contributed by atoms with Crippen molar-refractivity contribution in [2.24, 2.45) is 5.73 Å². The molecule has 2 nitrogen and oxygen atoms in total. The van der Waals surface area contributed by atoms with E-state index < -0.39 is 0 Å². The van der Waals surface area contributed by atoms with Crippen LogP contribution in [0.25, 0.3) is 0 Å². The monoisotopic (exact) mass is 178 g/mol. The lowest BCUT2D eigenvalue weighted by Crippen LogP contribution is -2.07. The first-order chi connectivity index (χ1) is 6.42. The Morgan fingerprint density at radius 3 is 2.69 bits per heavy atom. The van der Waals surface area contributed by atoms with Gasteiger partial charge in [-0.25, -0.2) is 0 Å². The van der Waals surface area contributed by atoms with Gasteiger partial charge in [0.2, 0.25) is 0 Å². The van der Waals surface area contributed by atoms with E-state index >= 15 is 0 Å². The van der Waals surface area contributed by atoms with Gasteiger partial charge in [0.15, 0.2) is 0 Å². The average molecular weight is 178 g/mol. The van der Waals surface area contributed by atoms with E-state index in [9.17, 15) is 0 Å². The molecule has 1 saturated carbocycles. The van der Waals surface area contributed by atoms with Gasteiger partial charge in [0.25, 0.3) is 0 Å². The quantitative estimate of drug-likeness (QED) is 0.718. The van der Waals surface area contributed by atoms with Crippen molar-refractivity contribution in [1.82, 2.24) is 4.98 Å². The Bertz CT molecular complexity index is 259. The Kier molecular flexibility index (Phi) is 2.69. The number of aromatic amines is 1. The Hall–Kier alpha value is -0.760. The van der Waals surface area contributed by atoms with E-state index in [1.165, 1.54) is 43.2 Å². The molecule has 1 aromatic heterocycles. The SMILES string of the molecule is NCc1c[nH]cc1C1CCCCC1. The number of nitrogens with two attached hydrogens (primary N) is 1. The number of nitrogens with one attached hydrogen (secondary N) is 1.